The van der Waals surface area contributed by atoms with Crippen LogP contribution in [0.15, 0.2) is 12.4 Å². The summed E-state index contributed by atoms with van der Waals surface area (Å²) in [5, 5.41) is 3.16. The molecule has 0 saturated heterocycles. The molecular formula is C14H24N4O. The minimum Gasteiger partial charge on any atom is -0.350 e. The van der Waals surface area contributed by atoms with Gasteiger partial charge in [-0.25, -0.2) is 9.97 Å². The second-order valence-corrected chi connectivity index (χ2v) is 5.75. The first kappa shape index (κ1) is 15.4. The zero-order chi connectivity index (χ0) is 14.5. The van der Waals surface area contributed by atoms with Gasteiger partial charge in [-0.15, -0.1) is 0 Å². The number of hydrogen-bond acceptors (Lipinski definition) is 4. The molecule has 106 valence electrons. The fourth-order valence-electron chi connectivity index (χ4n) is 1.56. The molecule has 5 heteroatoms. The molecule has 1 aromatic rings. The molecule has 1 N–H and O–H groups in total. The van der Waals surface area contributed by atoms with Crippen LogP contribution in [0, 0.1) is 0 Å². The first-order valence-electron chi connectivity index (χ1n) is 6.69. The number of aromatic nitrogens is 2. The topological polar surface area (TPSA) is 58.1 Å². The van der Waals surface area contributed by atoms with Crippen molar-refractivity contribution < 1.29 is 4.79 Å². The van der Waals surface area contributed by atoms with E-state index in [1.54, 1.807) is 24.3 Å². The average molecular weight is 264 g/mol. The highest BCUT2D eigenvalue weighted by molar-refractivity contribution is 5.93. The summed E-state index contributed by atoms with van der Waals surface area (Å²) in [5.41, 5.74) is 0.432. The molecule has 0 aromatic carbocycles. The summed E-state index contributed by atoms with van der Waals surface area (Å²) >= 11 is 0. The lowest BCUT2D eigenvalue weighted by Gasteiger charge is -2.20. The van der Waals surface area contributed by atoms with Gasteiger partial charge in [0.25, 0.3) is 5.91 Å². The van der Waals surface area contributed by atoms with Crippen LogP contribution >= 0.6 is 0 Å². The van der Waals surface area contributed by atoms with Crippen molar-refractivity contribution in [1.29, 1.82) is 0 Å². The number of hydrogen-bond donors (Lipinski definition) is 1. The number of nitrogens with one attached hydrogen (secondary N) is 1. The zero-order valence-corrected chi connectivity index (χ0v) is 12.5. The third-order valence-corrected chi connectivity index (χ3v) is 2.58. The molecule has 0 aliphatic rings. The van der Waals surface area contributed by atoms with Crippen molar-refractivity contribution in [3.63, 3.8) is 0 Å². The van der Waals surface area contributed by atoms with E-state index in [1.165, 1.54) is 0 Å². The summed E-state index contributed by atoms with van der Waals surface area (Å²) in [7, 11) is 1.80. The highest BCUT2D eigenvalue weighted by atomic mass is 16.2. The van der Waals surface area contributed by atoms with E-state index in [2.05, 4.69) is 22.2 Å². The molecular weight excluding hydrogens is 240 g/mol. The van der Waals surface area contributed by atoms with E-state index >= 15 is 0 Å². The Hall–Kier alpha value is -1.65. The van der Waals surface area contributed by atoms with E-state index in [0.717, 1.165) is 19.4 Å². The highest BCUT2D eigenvalue weighted by Gasteiger charge is 2.14. The summed E-state index contributed by atoms with van der Waals surface area (Å²) in [6.45, 7) is 8.97. The lowest BCUT2D eigenvalue weighted by Crippen LogP contribution is -2.29. The monoisotopic (exact) mass is 264 g/mol. The van der Waals surface area contributed by atoms with Crippen LogP contribution in [0.4, 0.5) is 5.95 Å². The first-order chi connectivity index (χ1) is 8.83. The SMILES string of the molecule is CCCCN(C)C(=O)c1cnc(NC(C)(C)C)nc1. The minimum atomic E-state index is -0.0938. The molecule has 19 heavy (non-hydrogen) atoms. The van der Waals surface area contributed by atoms with Crippen LogP contribution in [0.2, 0.25) is 0 Å². The Balaban J connectivity index is 2.68. The molecule has 0 radical (unpaired) electrons. The van der Waals surface area contributed by atoms with Crippen LogP contribution in [0.3, 0.4) is 0 Å². The van der Waals surface area contributed by atoms with Gasteiger partial charge < -0.3 is 10.2 Å². The lowest BCUT2D eigenvalue weighted by molar-refractivity contribution is 0.0792. The summed E-state index contributed by atoms with van der Waals surface area (Å²) < 4.78 is 0. The third-order valence-electron chi connectivity index (χ3n) is 2.58. The largest absolute Gasteiger partial charge is 0.350 e. The van der Waals surface area contributed by atoms with Gasteiger partial charge >= 0.3 is 0 Å². The van der Waals surface area contributed by atoms with Crippen molar-refractivity contribution in [3.05, 3.63) is 18.0 Å². The van der Waals surface area contributed by atoms with Gasteiger partial charge in [0.15, 0.2) is 0 Å². The second kappa shape index (κ2) is 6.50. The van der Waals surface area contributed by atoms with Crippen LogP contribution in [0.5, 0.6) is 0 Å². The number of carbonyl (C=O) groups is 1. The maximum absolute atomic E-state index is 12.1. The molecule has 0 atom stereocenters. The summed E-state index contributed by atoms with van der Waals surface area (Å²) in [5.74, 6) is 0.510. The predicted octanol–water partition coefficient (Wildman–Crippen LogP) is 2.56. The number of carbonyl (C=O) groups excluding carboxylic acids is 1. The number of nitrogens with zero attached hydrogens (tertiary/aromatic N) is 3. The maximum Gasteiger partial charge on any atom is 0.256 e. The number of unbranched alkanes of at least 4 members (excludes halogenated alkanes) is 1. The maximum atomic E-state index is 12.1. The Bertz CT molecular complexity index is 408. The molecule has 1 amide bonds. The van der Waals surface area contributed by atoms with Crippen molar-refractivity contribution in [1.82, 2.24) is 14.9 Å². The van der Waals surface area contributed by atoms with Crippen LogP contribution in [-0.2, 0) is 0 Å². The predicted molar refractivity (Wildman–Crippen MR) is 77.3 cm³/mol. The quantitative estimate of drug-likeness (QED) is 0.888. The van der Waals surface area contributed by atoms with Gasteiger partial charge in [0.1, 0.15) is 0 Å². The van der Waals surface area contributed by atoms with Crippen LogP contribution in [-0.4, -0.2) is 39.9 Å². The Kier molecular flexibility index (Phi) is 5.27. The Morgan fingerprint density at radius 1 is 1.32 bits per heavy atom. The third kappa shape index (κ3) is 5.24. The molecule has 0 spiro atoms. The normalized spacial score (nSPS) is 11.2. The van der Waals surface area contributed by atoms with Crippen molar-refractivity contribution >= 4 is 11.9 Å². The van der Waals surface area contributed by atoms with E-state index < -0.39 is 0 Å². The van der Waals surface area contributed by atoms with Gasteiger partial charge in [-0.2, -0.15) is 0 Å². The standard InChI is InChI=1S/C14H24N4O/c1-6-7-8-18(5)12(19)11-9-15-13(16-10-11)17-14(2,3)4/h9-10H,6-8H2,1-5H3,(H,15,16,17). The molecule has 1 heterocycles. The van der Waals surface area contributed by atoms with Gasteiger partial charge in [-0.05, 0) is 27.2 Å². The Labute approximate surface area is 115 Å². The van der Waals surface area contributed by atoms with E-state index in [4.69, 9.17) is 0 Å². The van der Waals surface area contributed by atoms with E-state index in [-0.39, 0.29) is 11.4 Å². The van der Waals surface area contributed by atoms with Gasteiger partial charge in [0, 0.05) is 31.5 Å². The zero-order valence-electron chi connectivity index (χ0n) is 12.5. The molecule has 0 unspecified atom stereocenters. The van der Waals surface area contributed by atoms with Gasteiger partial charge in [-0.3, -0.25) is 4.79 Å². The first-order valence-corrected chi connectivity index (χ1v) is 6.69. The van der Waals surface area contributed by atoms with Crippen molar-refractivity contribution in [2.24, 2.45) is 0 Å². The molecule has 5 nitrogen and oxygen atoms in total. The average Bonchev–Trinajstić information content (AvgIpc) is 2.34. The highest BCUT2D eigenvalue weighted by Crippen LogP contribution is 2.10. The second-order valence-electron chi connectivity index (χ2n) is 5.75. The lowest BCUT2D eigenvalue weighted by atomic mass is 10.1. The number of amides is 1. The summed E-state index contributed by atoms with van der Waals surface area (Å²) in [6.07, 6.45) is 5.23. The molecule has 1 aromatic heterocycles. The van der Waals surface area contributed by atoms with Crippen LogP contribution in [0.25, 0.3) is 0 Å². The fraction of sp³-hybridized carbons (Fsp3) is 0.643. The van der Waals surface area contributed by atoms with Crippen molar-refractivity contribution in [2.45, 2.75) is 46.1 Å². The summed E-state index contributed by atoms with van der Waals surface area (Å²) in [6, 6.07) is 0. The van der Waals surface area contributed by atoms with E-state index in [1.807, 2.05) is 20.8 Å². The molecule has 0 fully saturated rings. The smallest absolute Gasteiger partial charge is 0.256 e. The summed E-state index contributed by atoms with van der Waals surface area (Å²) in [4.78, 5) is 22.1. The van der Waals surface area contributed by atoms with Crippen molar-refractivity contribution in [2.75, 3.05) is 18.9 Å². The number of rotatable bonds is 5. The minimum absolute atomic E-state index is 0.0317. The molecule has 0 aliphatic heterocycles. The van der Waals surface area contributed by atoms with Crippen LogP contribution in [0.1, 0.15) is 50.9 Å². The van der Waals surface area contributed by atoms with Gasteiger partial charge in [0.05, 0.1) is 5.56 Å². The van der Waals surface area contributed by atoms with Crippen LogP contribution < -0.4 is 5.32 Å². The molecule has 0 aliphatic carbocycles. The number of anilines is 1. The van der Waals surface area contributed by atoms with E-state index in [0.29, 0.717) is 11.5 Å². The van der Waals surface area contributed by atoms with E-state index in [9.17, 15) is 4.79 Å². The Morgan fingerprint density at radius 2 is 1.89 bits per heavy atom. The van der Waals surface area contributed by atoms with Crippen molar-refractivity contribution in [3.8, 4) is 0 Å². The van der Waals surface area contributed by atoms with Gasteiger partial charge in [-0.1, -0.05) is 13.3 Å². The Morgan fingerprint density at radius 3 is 2.37 bits per heavy atom. The van der Waals surface area contributed by atoms with Gasteiger partial charge in [0.2, 0.25) is 5.95 Å². The fourth-order valence-corrected chi connectivity index (χ4v) is 1.56. The molecule has 0 bridgehead atoms. The molecule has 0 saturated carbocycles. The molecule has 1 rings (SSSR count).